The molecule has 0 saturated heterocycles. The molecule has 0 fully saturated rings. The molecule has 0 unspecified atom stereocenters. The first-order valence-electron chi connectivity index (χ1n) is 6.94. The molecule has 0 spiro atoms. The predicted octanol–water partition coefficient (Wildman–Crippen LogP) is 2.63. The Kier molecular flexibility index (Phi) is 4.76. The van der Waals surface area contributed by atoms with Crippen molar-refractivity contribution in [2.45, 2.75) is 40.4 Å². The van der Waals surface area contributed by atoms with E-state index < -0.39 is 6.67 Å². The first-order chi connectivity index (χ1) is 9.60. The summed E-state index contributed by atoms with van der Waals surface area (Å²) in [7, 11) is 0. The molecule has 0 atom stereocenters. The summed E-state index contributed by atoms with van der Waals surface area (Å²) in [5.41, 5.74) is 2.14. The molecule has 0 aliphatic carbocycles. The van der Waals surface area contributed by atoms with Crippen molar-refractivity contribution >= 4 is 5.82 Å². The monoisotopic (exact) mass is 279 g/mol. The number of hydrogen-bond acceptors (Lipinski definition) is 3. The average molecular weight is 279 g/mol. The molecule has 6 heteroatoms. The normalized spacial score (nSPS) is 11.2. The van der Waals surface area contributed by atoms with Gasteiger partial charge in [-0.15, -0.1) is 0 Å². The molecule has 0 bridgehead atoms. The molecule has 2 rings (SSSR count). The lowest BCUT2D eigenvalue weighted by Crippen LogP contribution is -2.13. The van der Waals surface area contributed by atoms with E-state index in [1.807, 2.05) is 30.1 Å². The van der Waals surface area contributed by atoms with Crippen molar-refractivity contribution in [3.63, 3.8) is 0 Å². The second-order valence-electron chi connectivity index (χ2n) is 5.36. The van der Waals surface area contributed by atoms with E-state index in [0.29, 0.717) is 19.0 Å². The maximum absolute atomic E-state index is 12.3. The molecule has 2 aromatic heterocycles. The van der Waals surface area contributed by atoms with E-state index in [2.05, 4.69) is 29.4 Å². The minimum Gasteiger partial charge on any atom is -0.363 e. The molecule has 110 valence electrons. The Bertz CT molecular complexity index is 544. The minimum atomic E-state index is -0.401. The van der Waals surface area contributed by atoms with Crippen LogP contribution < -0.4 is 5.32 Å². The highest BCUT2D eigenvalue weighted by atomic mass is 19.1. The van der Waals surface area contributed by atoms with Gasteiger partial charge in [0.15, 0.2) is 5.82 Å². The van der Waals surface area contributed by atoms with Crippen LogP contribution in [0.25, 0.3) is 0 Å². The second kappa shape index (κ2) is 6.54. The second-order valence-corrected chi connectivity index (χ2v) is 5.36. The summed E-state index contributed by atoms with van der Waals surface area (Å²) in [5.74, 6) is 1.36. The van der Waals surface area contributed by atoms with Crippen LogP contribution >= 0.6 is 0 Å². The smallest absolute Gasteiger partial charge is 0.151 e. The Morgan fingerprint density at radius 2 is 2.20 bits per heavy atom. The third-order valence-electron chi connectivity index (χ3n) is 3.04. The van der Waals surface area contributed by atoms with Crippen LogP contribution in [-0.4, -0.2) is 26.2 Å². The zero-order chi connectivity index (χ0) is 14.5. The van der Waals surface area contributed by atoms with Gasteiger partial charge in [0, 0.05) is 24.5 Å². The van der Waals surface area contributed by atoms with Crippen LogP contribution in [0.15, 0.2) is 18.5 Å². The average Bonchev–Trinajstić information content (AvgIpc) is 2.94. The number of aromatic nitrogens is 4. The third-order valence-corrected chi connectivity index (χ3v) is 3.04. The quantitative estimate of drug-likeness (QED) is 0.847. The highest BCUT2D eigenvalue weighted by Gasteiger charge is 2.08. The molecule has 1 N–H and O–H groups in total. The van der Waals surface area contributed by atoms with Gasteiger partial charge in [0.2, 0.25) is 0 Å². The molecule has 0 aromatic carbocycles. The van der Waals surface area contributed by atoms with Gasteiger partial charge in [-0.3, -0.25) is 9.36 Å². The molecule has 0 saturated carbocycles. The fourth-order valence-corrected chi connectivity index (χ4v) is 2.09. The summed E-state index contributed by atoms with van der Waals surface area (Å²) in [6, 6.07) is 2.00. The number of alkyl halides is 1. The first-order valence-corrected chi connectivity index (χ1v) is 6.94. The Morgan fingerprint density at radius 3 is 2.90 bits per heavy atom. The van der Waals surface area contributed by atoms with E-state index in [-0.39, 0.29) is 0 Å². The molecule has 5 nitrogen and oxygen atoms in total. The van der Waals surface area contributed by atoms with Crippen molar-refractivity contribution in [3.8, 4) is 0 Å². The lowest BCUT2D eigenvalue weighted by molar-refractivity contribution is 0.427. The van der Waals surface area contributed by atoms with Crippen molar-refractivity contribution in [2.24, 2.45) is 5.92 Å². The first kappa shape index (κ1) is 14.6. The SMILES string of the molecule is Cc1cn(CCF)nc1NCc1ccnn1CC(C)C. The lowest BCUT2D eigenvalue weighted by Gasteiger charge is -2.10. The van der Waals surface area contributed by atoms with Gasteiger partial charge in [-0.25, -0.2) is 4.39 Å². The summed E-state index contributed by atoms with van der Waals surface area (Å²) < 4.78 is 15.9. The predicted molar refractivity (Wildman–Crippen MR) is 77.3 cm³/mol. The van der Waals surface area contributed by atoms with Crippen LogP contribution in [0.1, 0.15) is 25.1 Å². The third kappa shape index (κ3) is 3.59. The van der Waals surface area contributed by atoms with Crippen LogP contribution in [0.3, 0.4) is 0 Å². The van der Waals surface area contributed by atoms with Gasteiger partial charge >= 0.3 is 0 Å². The van der Waals surface area contributed by atoms with Crippen LogP contribution in [0.5, 0.6) is 0 Å². The number of aryl methyl sites for hydroxylation is 2. The van der Waals surface area contributed by atoms with Crippen LogP contribution in [0.2, 0.25) is 0 Å². The van der Waals surface area contributed by atoms with Crippen molar-refractivity contribution in [3.05, 3.63) is 29.7 Å². The molecule has 0 amide bonds. The molecular weight excluding hydrogens is 257 g/mol. The molecule has 0 aliphatic heterocycles. The van der Waals surface area contributed by atoms with Gasteiger partial charge in [-0.2, -0.15) is 10.2 Å². The van der Waals surface area contributed by atoms with Gasteiger partial charge in [-0.1, -0.05) is 13.8 Å². The lowest BCUT2D eigenvalue weighted by atomic mass is 10.2. The zero-order valence-electron chi connectivity index (χ0n) is 12.3. The Morgan fingerprint density at radius 1 is 1.40 bits per heavy atom. The summed E-state index contributed by atoms with van der Waals surface area (Å²) >= 11 is 0. The number of nitrogens with zero attached hydrogens (tertiary/aromatic N) is 4. The standard InChI is InChI=1S/C14H22FN5/c1-11(2)9-20-13(4-6-17-20)8-16-14-12(3)10-19(18-14)7-5-15/h4,6,10-11H,5,7-9H2,1-3H3,(H,16,18). The number of halogens is 1. The van der Waals surface area contributed by atoms with E-state index in [4.69, 9.17) is 0 Å². The Balaban J connectivity index is 2.00. The van der Waals surface area contributed by atoms with E-state index in [1.165, 1.54) is 0 Å². The van der Waals surface area contributed by atoms with Crippen molar-refractivity contribution in [2.75, 3.05) is 12.0 Å². The summed E-state index contributed by atoms with van der Waals surface area (Å²) in [6.45, 7) is 7.77. The molecule has 2 aromatic rings. The van der Waals surface area contributed by atoms with Gasteiger partial charge in [0.1, 0.15) is 6.67 Å². The molecule has 0 radical (unpaired) electrons. The van der Waals surface area contributed by atoms with Gasteiger partial charge < -0.3 is 5.32 Å². The maximum Gasteiger partial charge on any atom is 0.151 e. The fourth-order valence-electron chi connectivity index (χ4n) is 2.09. The number of hydrogen-bond donors (Lipinski definition) is 1. The van der Waals surface area contributed by atoms with Gasteiger partial charge in [0.05, 0.1) is 18.8 Å². The van der Waals surface area contributed by atoms with Crippen LogP contribution in [0.4, 0.5) is 10.2 Å². The molecule has 0 aliphatic rings. The van der Waals surface area contributed by atoms with Gasteiger partial charge in [0.25, 0.3) is 0 Å². The number of anilines is 1. The number of rotatable bonds is 7. The molecule has 2 heterocycles. The van der Waals surface area contributed by atoms with Crippen LogP contribution in [-0.2, 0) is 19.6 Å². The van der Waals surface area contributed by atoms with Crippen molar-refractivity contribution in [1.29, 1.82) is 0 Å². The van der Waals surface area contributed by atoms with Crippen LogP contribution in [0, 0.1) is 12.8 Å². The maximum atomic E-state index is 12.3. The Hall–Kier alpha value is -1.85. The topological polar surface area (TPSA) is 47.7 Å². The zero-order valence-corrected chi connectivity index (χ0v) is 12.3. The highest BCUT2D eigenvalue weighted by Crippen LogP contribution is 2.13. The van der Waals surface area contributed by atoms with E-state index in [1.54, 1.807) is 4.68 Å². The highest BCUT2D eigenvalue weighted by molar-refractivity contribution is 5.42. The summed E-state index contributed by atoms with van der Waals surface area (Å²) in [5, 5.41) is 11.9. The number of nitrogens with one attached hydrogen (secondary N) is 1. The molecular formula is C14H22FN5. The van der Waals surface area contributed by atoms with E-state index >= 15 is 0 Å². The van der Waals surface area contributed by atoms with E-state index in [0.717, 1.165) is 23.6 Å². The van der Waals surface area contributed by atoms with Gasteiger partial charge in [-0.05, 0) is 18.9 Å². The minimum absolute atomic E-state index is 0.299. The summed E-state index contributed by atoms with van der Waals surface area (Å²) in [6.07, 6.45) is 3.67. The van der Waals surface area contributed by atoms with Crippen molar-refractivity contribution < 1.29 is 4.39 Å². The largest absolute Gasteiger partial charge is 0.363 e. The fraction of sp³-hybridized carbons (Fsp3) is 0.571. The summed E-state index contributed by atoms with van der Waals surface area (Å²) in [4.78, 5) is 0. The Labute approximate surface area is 118 Å². The van der Waals surface area contributed by atoms with E-state index in [9.17, 15) is 4.39 Å². The molecule has 20 heavy (non-hydrogen) atoms. The van der Waals surface area contributed by atoms with Crippen molar-refractivity contribution in [1.82, 2.24) is 19.6 Å².